The van der Waals surface area contributed by atoms with Crippen LogP contribution in [0.25, 0.3) is 0 Å². The number of hydrogen-bond acceptors (Lipinski definition) is 4. The van der Waals surface area contributed by atoms with Crippen LogP contribution in [0.4, 0.5) is 0 Å². The molecule has 0 aromatic heterocycles. The molecule has 0 rings (SSSR count). The Balaban J connectivity index is 0. The first-order chi connectivity index (χ1) is 3.81. The third-order valence-corrected chi connectivity index (χ3v) is 3.14. The van der Waals surface area contributed by atoms with Gasteiger partial charge in [-0.2, -0.15) is 0 Å². The van der Waals surface area contributed by atoms with Crippen molar-refractivity contribution in [3.63, 3.8) is 0 Å². The molecule has 0 saturated heterocycles. The van der Waals surface area contributed by atoms with Gasteiger partial charge in [-0.1, -0.05) is 35.7 Å². The molecule has 0 aromatic carbocycles. The molecule has 1 radical (unpaired) electrons. The normalized spacial score (nSPS) is 11.8. The van der Waals surface area contributed by atoms with Gasteiger partial charge in [0, 0.05) is 32.7 Å². The fraction of sp³-hybridized carbons (Fsp3) is 0.667. The zero-order valence-electron chi connectivity index (χ0n) is 4.74. The first-order valence-corrected chi connectivity index (χ1v) is 5.72. The molecule has 0 amide bonds. The van der Waals surface area contributed by atoms with Crippen LogP contribution in [0.1, 0.15) is 0 Å². The molecule has 0 bridgehead atoms. The number of nitrogens with two attached hydrogens (primary N) is 1. The van der Waals surface area contributed by atoms with Crippen molar-refractivity contribution in [1.29, 1.82) is 0 Å². The minimum absolute atomic E-state index is 0. The summed E-state index contributed by atoms with van der Waals surface area (Å²) in [7, 11) is 5.51. The SMILES string of the molecule is NC([C-]=O)CSSP.[Y]. The van der Waals surface area contributed by atoms with E-state index in [4.69, 9.17) is 5.73 Å². The van der Waals surface area contributed by atoms with E-state index < -0.39 is 6.04 Å². The Bertz CT molecular complexity index is 76.8. The van der Waals surface area contributed by atoms with Crippen molar-refractivity contribution in [2.75, 3.05) is 5.75 Å². The van der Waals surface area contributed by atoms with Crippen LogP contribution >= 0.6 is 29.6 Å². The number of rotatable bonds is 4. The van der Waals surface area contributed by atoms with E-state index in [1.807, 2.05) is 0 Å². The van der Waals surface area contributed by atoms with Gasteiger partial charge in [0.2, 0.25) is 0 Å². The Labute approximate surface area is 90.1 Å². The second kappa shape index (κ2) is 9.86. The summed E-state index contributed by atoms with van der Waals surface area (Å²) in [4.78, 5) is 9.73. The van der Waals surface area contributed by atoms with Gasteiger partial charge in [0.15, 0.2) is 0 Å². The second-order valence-corrected chi connectivity index (χ2v) is 4.88. The van der Waals surface area contributed by atoms with Gasteiger partial charge in [-0.15, -0.1) is 0 Å². The van der Waals surface area contributed by atoms with Gasteiger partial charge in [0.05, 0.1) is 0 Å². The fourth-order valence-electron chi connectivity index (χ4n) is 0.147. The number of carbonyl (C=O) groups excluding carboxylic acids is 1. The summed E-state index contributed by atoms with van der Waals surface area (Å²) in [5.74, 6) is 0.637. The summed E-state index contributed by atoms with van der Waals surface area (Å²) >= 11 is 0. The summed E-state index contributed by atoms with van der Waals surface area (Å²) in [5, 5.41) is 0. The zero-order chi connectivity index (χ0) is 6.41. The van der Waals surface area contributed by atoms with Crippen LogP contribution in [-0.4, -0.2) is 18.1 Å². The van der Waals surface area contributed by atoms with Crippen LogP contribution in [0.5, 0.6) is 0 Å². The minimum Gasteiger partial charge on any atom is -0.540 e. The van der Waals surface area contributed by atoms with Gasteiger partial charge < -0.3 is 10.5 Å². The van der Waals surface area contributed by atoms with E-state index in [2.05, 4.69) is 8.44 Å². The van der Waals surface area contributed by atoms with Crippen LogP contribution in [0, 0.1) is 0 Å². The maximum Gasteiger partial charge on any atom is 0 e. The van der Waals surface area contributed by atoms with Gasteiger partial charge in [-0.05, 0) is 5.75 Å². The van der Waals surface area contributed by atoms with Gasteiger partial charge in [0.1, 0.15) is 0 Å². The van der Waals surface area contributed by atoms with Crippen LogP contribution < -0.4 is 5.73 Å². The summed E-state index contributed by atoms with van der Waals surface area (Å²) in [5.41, 5.74) is 5.19. The molecule has 0 fully saturated rings. The van der Waals surface area contributed by atoms with Crippen molar-refractivity contribution in [2.24, 2.45) is 5.73 Å². The Morgan fingerprint density at radius 1 is 1.78 bits per heavy atom. The second-order valence-electron chi connectivity index (χ2n) is 1.11. The van der Waals surface area contributed by atoms with E-state index in [0.29, 0.717) is 5.75 Å². The van der Waals surface area contributed by atoms with Crippen LogP contribution in [0.3, 0.4) is 0 Å². The molecule has 0 heterocycles. The van der Waals surface area contributed by atoms with E-state index in [9.17, 15) is 4.79 Å². The van der Waals surface area contributed by atoms with Crippen molar-refractivity contribution in [3.8, 4) is 0 Å². The maximum atomic E-state index is 9.73. The van der Waals surface area contributed by atoms with Crippen molar-refractivity contribution in [2.45, 2.75) is 6.04 Å². The standard InChI is InChI=1S/C3H7NOPS2.Y/c4-3(1-5)2-7-8-6;/h3H,2,4,6H2;/q-1;. The largest absolute Gasteiger partial charge is 0.540 e. The molecular formula is C3H7NOPS2Y-. The molecular weight excluding hydrogens is 250 g/mol. The van der Waals surface area contributed by atoms with E-state index in [0.717, 1.165) is 0 Å². The molecule has 0 aliphatic carbocycles. The molecule has 0 saturated carbocycles. The molecule has 6 heteroatoms. The predicted molar refractivity (Wildman–Crippen MR) is 43.4 cm³/mol. The predicted octanol–water partition coefficient (Wildman–Crippen LogP) is 0.592. The molecule has 0 aromatic rings. The summed E-state index contributed by atoms with van der Waals surface area (Å²) in [6.45, 7) is 0. The quantitative estimate of drug-likeness (QED) is 0.455. The first-order valence-electron chi connectivity index (χ1n) is 1.93. The van der Waals surface area contributed by atoms with Crippen molar-refractivity contribution < 1.29 is 37.5 Å². The number of hydrogen-bond donors (Lipinski definition) is 1. The van der Waals surface area contributed by atoms with Gasteiger partial charge in [-0.3, -0.25) is 0 Å². The third-order valence-electron chi connectivity index (χ3n) is 0.467. The first kappa shape index (κ1) is 13.5. The van der Waals surface area contributed by atoms with Crippen LogP contribution in [0.15, 0.2) is 0 Å². The average Bonchev–Trinajstić information content (AvgIpc) is 1.83. The Kier molecular flexibility index (Phi) is 14.7. The van der Waals surface area contributed by atoms with E-state index >= 15 is 0 Å². The summed E-state index contributed by atoms with van der Waals surface area (Å²) in [6, 6.07) is -0.423. The van der Waals surface area contributed by atoms with Gasteiger partial charge in [-0.25, -0.2) is 6.29 Å². The molecule has 2 N–H and O–H groups in total. The molecule has 0 aliphatic rings. The Morgan fingerprint density at radius 3 is 2.67 bits per heavy atom. The summed E-state index contributed by atoms with van der Waals surface area (Å²) in [6.07, 6.45) is 1.68. The van der Waals surface area contributed by atoms with Crippen LogP contribution in [-0.2, 0) is 37.5 Å². The van der Waals surface area contributed by atoms with Gasteiger partial charge >= 0.3 is 0 Å². The van der Waals surface area contributed by atoms with E-state index in [-0.39, 0.29) is 32.7 Å². The van der Waals surface area contributed by atoms with Crippen molar-refractivity contribution in [3.05, 3.63) is 0 Å². The smallest absolute Gasteiger partial charge is 0 e. The molecule has 0 spiro atoms. The monoisotopic (exact) mass is 257 g/mol. The molecule has 2 atom stereocenters. The molecule has 2 unspecified atom stereocenters. The topological polar surface area (TPSA) is 43.1 Å². The van der Waals surface area contributed by atoms with Gasteiger partial charge in [0.25, 0.3) is 0 Å². The summed E-state index contributed by atoms with van der Waals surface area (Å²) < 4.78 is 0. The van der Waals surface area contributed by atoms with E-state index in [1.165, 1.54) is 21.2 Å². The average molecular weight is 257 g/mol. The van der Waals surface area contributed by atoms with Crippen molar-refractivity contribution >= 4 is 35.9 Å². The zero-order valence-corrected chi connectivity index (χ0v) is 10.4. The fourth-order valence-corrected chi connectivity index (χ4v) is 1.82. The Morgan fingerprint density at radius 2 is 2.33 bits per heavy atom. The molecule has 51 valence electrons. The Hall–Kier alpha value is 1.86. The third kappa shape index (κ3) is 9.86. The maximum absolute atomic E-state index is 9.73. The molecule has 9 heavy (non-hydrogen) atoms. The molecule has 2 nitrogen and oxygen atoms in total. The molecule has 0 aliphatic heterocycles. The minimum atomic E-state index is -0.423. The van der Waals surface area contributed by atoms with Crippen LogP contribution in [0.2, 0.25) is 0 Å². The van der Waals surface area contributed by atoms with E-state index in [1.54, 1.807) is 6.29 Å². The van der Waals surface area contributed by atoms with Crippen molar-refractivity contribution in [1.82, 2.24) is 0 Å².